The van der Waals surface area contributed by atoms with Crippen molar-refractivity contribution in [3.05, 3.63) is 67.5 Å². The largest absolute Gasteiger partial charge is 0.461 e. The zero-order chi connectivity index (χ0) is 21.3. The van der Waals surface area contributed by atoms with Gasteiger partial charge in [-0.05, 0) is 25.5 Å². The number of ether oxygens (including phenoxy) is 1. The van der Waals surface area contributed by atoms with Crippen molar-refractivity contribution in [2.24, 2.45) is 0 Å². The number of nitro groups is 1. The molecule has 28 heavy (non-hydrogen) atoms. The second-order valence-corrected chi connectivity index (χ2v) is 5.36. The van der Waals surface area contributed by atoms with Crippen molar-refractivity contribution in [2.45, 2.75) is 20.3 Å². The van der Waals surface area contributed by atoms with Crippen LogP contribution in [0.25, 0.3) is 11.1 Å². The molecule has 0 amide bonds. The Hall–Kier alpha value is -4.07. The van der Waals surface area contributed by atoms with Gasteiger partial charge in [-0.25, -0.2) is 4.79 Å². The smallest absolute Gasteiger partial charge is 0.340 e. The first-order chi connectivity index (χ1) is 13.2. The molecule has 1 aromatic heterocycles. The molecule has 0 bridgehead atoms. The standard InChI is InChI=1S/C17H15N3O4.HNO3/c1-11-9-15(13-5-3-6-14(10-13)20(22)23)16(12(2)19-11)17(21)24-8-4-7-18;2-1(3)4/h3,5-6,9-10H,4,8H2,1-2H3;(H,2,3,4). The number of nitrogens with zero attached hydrogens (tertiary/aromatic N) is 4. The van der Waals surface area contributed by atoms with E-state index in [0.717, 1.165) is 0 Å². The molecule has 0 unspecified atom stereocenters. The normalized spacial score (nSPS) is 9.46. The van der Waals surface area contributed by atoms with E-state index in [1.54, 1.807) is 32.0 Å². The topological polar surface area (TPSA) is 169 Å². The number of nitriles is 1. The molecule has 11 nitrogen and oxygen atoms in total. The molecule has 2 rings (SSSR count). The summed E-state index contributed by atoms with van der Waals surface area (Å²) in [5.41, 5.74) is 2.39. The minimum absolute atomic E-state index is 0.0168. The van der Waals surface area contributed by atoms with Crippen molar-refractivity contribution < 1.29 is 24.7 Å². The highest BCUT2D eigenvalue weighted by Gasteiger charge is 2.20. The van der Waals surface area contributed by atoms with Gasteiger partial charge < -0.3 is 9.94 Å². The van der Waals surface area contributed by atoms with Gasteiger partial charge in [0.15, 0.2) is 0 Å². The molecule has 0 saturated carbocycles. The lowest BCUT2D eigenvalue weighted by molar-refractivity contribution is -0.742. The van der Waals surface area contributed by atoms with E-state index < -0.39 is 16.0 Å². The van der Waals surface area contributed by atoms with Gasteiger partial charge in [0.1, 0.15) is 6.61 Å². The lowest BCUT2D eigenvalue weighted by atomic mass is 9.98. The van der Waals surface area contributed by atoms with Crippen LogP contribution in [0.3, 0.4) is 0 Å². The monoisotopic (exact) mass is 388 g/mol. The highest BCUT2D eigenvalue weighted by Crippen LogP contribution is 2.29. The first kappa shape index (κ1) is 22.0. The van der Waals surface area contributed by atoms with Crippen molar-refractivity contribution in [1.82, 2.24) is 4.98 Å². The van der Waals surface area contributed by atoms with E-state index in [9.17, 15) is 14.9 Å². The van der Waals surface area contributed by atoms with Crippen molar-refractivity contribution in [1.29, 1.82) is 5.26 Å². The number of hydrogen-bond acceptors (Lipinski definition) is 8. The quantitative estimate of drug-likeness (QED) is 0.350. The Balaban J connectivity index is 0.000000892. The van der Waals surface area contributed by atoms with E-state index in [4.69, 9.17) is 25.3 Å². The fourth-order valence-electron chi connectivity index (χ4n) is 2.36. The fourth-order valence-corrected chi connectivity index (χ4v) is 2.36. The second-order valence-electron chi connectivity index (χ2n) is 5.36. The number of hydrogen-bond donors (Lipinski definition) is 1. The Kier molecular flexibility index (Phi) is 7.98. The van der Waals surface area contributed by atoms with Gasteiger partial charge in [-0.1, -0.05) is 12.1 Å². The Labute approximate surface area is 159 Å². The molecule has 0 atom stereocenters. The minimum atomic E-state index is -1.50. The predicted molar refractivity (Wildman–Crippen MR) is 95.1 cm³/mol. The van der Waals surface area contributed by atoms with Crippen molar-refractivity contribution in [3.63, 3.8) is 0 Å². The number of carbonyl (C=O) groups is 1. The third-order valence-electron chi connectivity index (χ3n) is 3.35. The maximum absolute atomic E-state index is 12.4. The van der Waals surface area contributed by atoms with E-state index in [2.05, 4.69) is 4.98 Å². The average molecular weight is 388 g/mol. The fraction of sp³-hybridized carbons (Fsp3) is 0.235. The molecule has 0 aliphatic rings. The summed E-state index contributed by atoms with van der Waals surface area (Å²) in [4.78, 5) is 35.5. The highest BCUT2D eigenvalue weighted by atomic mass is 16.9. The highest BCUT2D eigenvalue weighted by molar-refractivity contribution is 5.98. The molecule has 1 aromatic carbocycles. The van der Waals surface area contributed by atoms with Crippen LogP contribution >= 0.6 is 0 Å². The second kappa shape index (κ2) is 10.2. The summed E-state index contributed by atoms with van der Waals surface area (Å²) < 4.78 is 5.09. The first-order valence-corrected chi connectivity index (χ1v) is 7.77. The molecule has 0 aliphatic heterocycles. The van der Waals surface area contributed by atoms with Crippen LogP contribution in [-0.2, 0) is 4.74 Å². The van der Waals surface area contributed by atoms with Crippen LogP contribution in [0.5, 0.6) is 0 Å². The van der Waals surface area contributed by atoms with Crippen molar-refractivity contribution >= 4 is 11.7 Å². The van der Waals surface area contributed by atoms with Crippen LogP contribution in [-0.4, -0.2) is 32.8 Å². The number of nitro benzene ring substituents is 1. The van der Waals surface area contributed by atoms with Gasteiger partial charge in [-0.3, -0.25) is 15.1 Å². The van der Waals surface area contributed by atoms with Gasteiger partial charge in [0.05, 0.1) is 28.7 Å². The number of aromatic nitrogens is 1. The molecule has 1 heterocycles. The van der Waals surface area contributed by atoms with Crippen LogP contribution in [0.1, 0.15) is 28.2 Å². The lowest BCUT2D eigenvalue weighted by Gasteiger charge is -2.13. The number of rotatable bonds is 5. The Morgan fingerprint density at radius 1 is 1.29 bits per heavy atom. The van der Waals surface area contributed by atoms with Crippen LogP contribution < -0.4 is 0 Å². The van der Waals surface area contributed by atoms with Crippen LogP contribution in [0.2, 0.25) is 0 Å². The number of benzene rings is 1. The molecule has 0 saturated heterocycles. The van der Waals surface area contributed by atoms with Gasteiger partial charge in [-0.15, -0.1) is 10.1 Å². The molecule has 1 N–H and O–H groups in total. The maximum Gasteiger partial charge on any atom is 0.340 e. The lowest BCUT2D eigenvalue weighted by Crippen LogP contribution is -2.11. The summed E-state index contributed by atoms with van der Waals surface area (Å²) in [6, 6.07) is 9.62. The maximum atomic E-state index is 12.4. The molecule has 11 heteroatoms. The summed E-state index contributed by atoms with van der Waals surface area (Å²) in [6.45, 7) is 3.43. The predicted octanol–water partition coefficient (Wildman–Crippen LogP) is 3.00. The Morgan fingerprint density at radius 2 is 1.93 bits per heavy atom. The first-order valence-electron chi connectivity index (χ1n) is 7.77. The average Bonchev–Trinajstić information content (AvgIpc) is 2.60. The summed E-state index contributed by atoms with van der Waals surface area (Å²) in [7, 11) is 0. The molecular weight excluding hydrogens is 372 g/mol. The molecular formula is C17H16N4O7. The SMILES string of the molecule is Cc1cc(-c2cccc([N+](=O)[O-])c2)c(C(=O)OCCC#N)c(C)n1.O=[N+]([O-])O. The van der Waals surface area contributed by atoms with Gasteiger partial charge in [0.25, 0.3) is 10.8 Å². The summed E-state index contributed by atoms with van der Waals surface area (Å²) >= 11 is 0. The van der Waals surface area contributed by atoms with Crippen LogP contribution in [0.15, 0.2) is 30.3 Å². The van der Waals surface area contributed by atoms with Gasteiger partial charge in [0.2, 0.25) is 0 Å². The third kappa shape index (κ3) is 6.34. The number of esters is 1. The van der Waals surface area contributed by atoms with Crippen molar-refractivity contribution in [2.75, 3.05) is 6.61 Å². The Morgan fingerprint density at radius 3 is 2.50 bits per heavy atom. The molecule has 0 aliphatic carbocycles. The zero-order valence-electron chi connectivity index (χ0n) is 15.0. The summed E-state index contributed by atoms with van der Waals surface area (Å²) in [5.74, 6) is -0.600. The molecule has 0 spiro atoms. The van der Waals surface area contributed by atoms with Crippen LogP contribution in [0, 0.1) is 45.4 Å². The summed E-state index contributed by atoms with van der Waals surface area (Å²) in [6.07, 6.45) is 0.0935. The van der Waals surface area contributed by atoms with E-state index in [1.807, 2.05) is 6.07 Å². The summed E-state index contributed by atoms with van der Waals surface area (Å²) in [5, 5.41) is 33.2. The van der Waals surface area contributed by atoms with E-state index in [0.29, 0.717) is 22.5 Å². The Bertz CT molecular complexity index is 934. The number of non-ortho nitro benzene ring substituents is 1. The van der Waals surface area contributed by atoms with Gasteiger partial charge in [-0.2, -0.15) is 5.26 Å². The molecule has 0 fully saturated rings. The van der Waals surface area contributed by atoms with E-state index in [1.165, 1.54) is 12.1 Å². The number of aryl methyl sites for hydroxylation is 2. The molecule has 0 radical (unpaired) electrons. The van der Waals surface area contributed by atoms with Gasteiger partial charge >= 0.3 is 5.97 Å². The molecule has 146 valence electrons. The van der Waals surface area contributed by atoms with E-state index in [-0.39, 0.29) is 24.3 Å². The van der Waals surface area contributed by atoms with Crippen LogP contribution in [0.4, 0.5) is 5.69 Å². The zero-order valence-corrected chi connectivity index (χ0v) is 15.0. The molecule has 2 aromatic rings. The number of carbonyl (C=O) groups excluding carboxylic acids is 1. The van der Waals surface area contributed by atoms with Crippen molar-refractivity contribution in [3.8, 4) is 17.2 Å². The van der Waals surface area contributed by atoms with E-state index >= 15 is 0 Å². The van der Waals surface area contributed by atoms with Gasteiger partial charge in [0, 0.05) is 23.4 Å². The third-order valence-corrected chi connectivity index (χ3v) is 3.35. The number of pyridine rings is 1. The minimum Gasteiger partial charge on any atom is -0.461 e.